The molecule has 0 aliphatic carbocycles. The summed E-state index contributed by atoms with van der Waals surface area (Å²) in [6, 6.07) is 13.3. The number of nitrogens with zero attached hydrogens (tertiary/aromatic N) is 1. The van der Waals surface area contributed by atoms with Gasteiger partial charge in [0, 0.05) is 18.5 Å². The van der Waals surface area contributed by atoms with Crippen LogP contribution in [0.3, 0.4) is 0 Å². The second kappa shape index (κ2) is 8.34. The summed E-state index contributed by atoms with van der Waals surface area (Å²) in [5, 5.41) is 5.83. The van der Waals surface area contributed by atoms with Crippen LogP contribution in [0.25, 0.3) is 11.0 Å². The average Bonchev–Trinajstić information content (AvgIpc) is 3.16. The van der Waals surface area contributed by atoms with Crippen molar-refractivity contribution in [2.75, 3.05) is 11.9 Å². The lowest BCUT2D eigenvalue weighted by atomic mass is 10.0. The highest BCUT2D eigenvalue weighted by Gasteiger charge is 2.15. The molecule has 29 heavy (non-hydrogen) atoms. The molecular formula is C22H24N4O3. The van der Waals surface area contributed by atoms with Gasteiger partial charge in [0.2, 0.25) is 11.8 Å². The lowest BCUT2D eigenvalue weighted by molar-refractivity contribution is -0.122. The molecule has 3 aromatic rings. The normalized spacial score (nSPS) is 14.2. The highest BCUT2D eigenvalue weighted by molar-refractivity contribution is 5.94. The molecule has 1 atom stereocenters. The fraction of sp³-hybridized carbons (Fsp3) is 0.318. The van der Waals surface area contributed by atoms with E-state index in [1.807, 2.05) is 49.4 Å². The van der Waals surface area contributed by atoms with E-state index in [9.17, 15) is 9.59 Å². The van der Waals surface area contributed by atoms with Crippen molar-refractivity contribution in [3.05, 3.63) is 53.9 Å². The molecule has 0 saturated heterocycles. The first-order valence-corrected chi connectivity index (χ1v) is 9.88. The van der Waals surface area contributed by atoms with Gasteiger partial charge in [-0.1, -0.05) is 12.1 Å². The zero-order valence-corrected chi connectivity index (χ0v) is 16.3. The molecule has 1 aliphatic heterocycles. The van der Waals surface area contributed by atoms with Crippen molar-refractivity contribution in [3.63, 3.8) is 0 Å². The van der Waals surface area contributed by atoms with Gasteiger partial charge in [0.15, 0.2) is 0 Å². The van der Waals surface area contributed by atoms with Crippen molar-refractivity contribution in [2.24, 2.45) is 0 Å². The monoisotopic (exact) mass is 392 g/mol. The Labute approximate surface area is 168 Å². The Balaban J connectivity index is 1.22. The molecule has 7 nitrogen and oxygen atoms in total. The summed E-state index contributed by atoms with van der Waals surface area (Å²) in [4.78, 5) is 31.4. The third-order valence-electron chi connectivity index (χ3n) is 4.98. The molecule has 150 valence electrons. The van der Waals surface area contributed by atoms with Gasteiger partial charge in [-0.15, -0.1) is 0 Å². The van der Waals surface area contributed by atoms with Crippen molar-refractivity contribution in [1.82, 2.24) is 15.3 Å². The molecule has 3 N–H and O–H groups in total. The summed E-state index contributed by atoms with van der Waals surface area (Å²) in [7, 11) is 0. The number of H-pyrrole nitrogens is 1. The number of hydrogen-bond acceptors (Lipinski definition) is 4. The summed E-state index contributed by atoms with van der Waals surface area (Å²) >= 11 is 0. The van der Waals surface area contributed by atoms with Crippen LogP contribution in [0.2, 0.25) is 0 Å². The fourth-order valence-corrected chi connectivity index (χ4v) is 3.43. The van der Waals surface area contributed by atoms with Crippen LogP contribution in [0.5, 0.6) is 5.75 Å². The molecule has 0 bridgehead atoms. The Morgan fingerprint density at radius 3 is 2.97 bits per heavy atom. The number of hydrogen-bond donors (Lipinski definition) is 3. The lowest BCUT2D eigenvalue weighted by Crippen LogP contribution is -2.27. The van der Waals surface area contributed by atoms with E-state index >= 15 is 0 Å². The second-order valence-electron chi connectivity index (χ2n) is 7.25. The molecule has 0 radical (unpaired) electrons. The maximum Gasteiger partial charge on any atom is 0.224 e. The maximum atomic E-state index is 12.2. The summed E-state index contributed by atoms with van der Waals surface area (Å²) in [5.41, 5.74) is 3.79. The Morgan fingerprint density at radius 1 is 1.24 bits per heavy atom. The van der Waals surface area contributed by atoms with Crippen molar-refractivity contribution < 1.29 is 14.3 Å². The minimum atomic E-state index is -0.188. The van der Waals surface area contributed by atoms with Crippen LogP contribution in [0, 0.1) is 0 Å². The summed E-state index contributed by atoms with van der Waals surface area (Å²) in [6.07, 6.45) is 2.22. The number of amides is 2. The van der Waals surface area contributed by atoms with E-state index in [4.69, 9.17) is 4.74 Å². The Kier molecular flexibility index (Phi) is 5.46. The van der Waals surface area contributed by atoms with E-state index in [1.165, 1.54) is 0 Å². The summed E-state index contributed by atoms with van der Waals surface area (Å²) < 4.78 is 5.77. The molecule has 1 aliphatic rings. The number of benzene rings is 2. The number of aromatic amines is 1. The molecule has 1 aromatic heterocycles. The number of para-hydroxylation sites is 2. The third kappa shape index (κ3) is 4.56. The maximum absolute atomic E-state index is 12.2. The van der Waals surface area contributed by atoms with Gasteiger partial charge in [0.25, 0.3) is 0 Å². The molecule has 2 heterocycles. The first-order chi connectivity index (χ1) is 14.1. The molecule has 0 fully saturated rings. The SMILES string of the molecule is CC(NC(=O)CCCOc1ccc2c(c1)CCC(=O)N2)c1nc2ccccc2[nH]1. The van der Waals surface area contributed by atoms with Crippen LogP contribution in [-0.2, 0) is 16.0 Å². The minimum Gasteiger partial charge on any atom is -0.494 e. The van der Waals surface area contributed by atoms with Crippen LogP contribution < -0.4 is 15.4 Å². The topological polar surface area (TPSA) is 96.1 Å². The van der Waals surface area contributed by atoms with Crippen LogP contribution >= 0.6 is 0 Å². The minimum absolute atomic E-state index is 0.0327. The Morgan fingerprint density at radius 2 is 2.10 bits per heavy atom. The number of nitrogens with one attached hydrogen (secondary N) is 3. The van der Waals surface area contributed by atoms with Crippen molar-refractivity contribution in [2.45, 2.75) is 38.6 Å². The lowest BCUT2D eigenvalue weighted by Gasteiger charge is -2.17. The van der Waals surface area contributed by atoms with Gasteiger partial charge < -0.3 is 20.4 Å². The number of aryl methyl sites for hydroxylation is 1. The van der Waals surface area contributed by atoms with Crippen LogP contribution in [0.15, 0.2) is 42.5 Å². The van der Waals surface area contributed by atoms with Crippen molar-refractivity contribution in [1.29, 1.82) is 0 Å². The third-order valence-corrected chi connectivity index (χ3v) is 4.98. The number of imidazole rings is 1. The van der Waals surface area contributed by atoms with E-state index < -0.39 is 0 Å². The predicted molar refractivity (Wildman–Crippen MR) is 111 cm³/mol. The van der Waals surface area contributed by atoms with E-state index in [0.717, 1.165) is 40.3 Å². The van der Waals surface area contributed by atoms with Gasteiger partial charge in [0.1, 0.15) is 11.6 Å². The molecule has 4 rings (SSSR count). The van der Waals surface area contributed by atoms with Crippen molar-refractivity contribution >= 4 is 28.5 Å². The van der Waals surface area contributed by atoms with E-state index in [1.54, 1.807) is 0 Å². The first-order valence-electron chi connectivity index (χ1n) is 9.88. The number of rotatable bonds is 7. The van der Waals surface area contributed by atoms with Crippen LogP contribution in [-0.4, -0.2) is 28.4 Å². The van der Waals surface area contributed by atoms with Crippen LogP contribution in [0.4, 0.5) is 5.69 Å². The molecule has 1 unspecified atom stereocenters. The number of ether oxygens (including phenoxy) is 1. The number of carbonyl (C=O) groups is 2. The predicted octanol–water partition coefficient (Wildman–Crippen LogP) is 3.48. The molecule has 0 saturated carbocycles. The largest absolute Gasteiger partial charge is 0.494 e. The van der Waals surface area contributed by atoms with Gasteiger partial charge >= 0.3 is 0 Å². The molecule has 0 spiro atoms. The molecule has 2 aromatic carbocycles. The quantitative estimate of drug-likeness (QED) is 0.536. The fourth-order valence-electron chi connectivity index (χ4n) is 3.43. The highest BCUT2D eigenvalue weighted by Crippen LogP contribution is 2.26. The van der Waals surface area contributed by atoms with Gasteiger partial charge in [-0.3, -0.25) is 9.59 Å². The number of aromatic nitrogens is 2. The second-order valence-corrected chi connectivity index (χ2v) is 7.25. The van der Waals surface area contributed by atoms with E-state index in [2.05, 4.69) is 20.6 Å². The smallest absolute Gasteiger partial charge is 0.224 e. The standard InChI is InChI=1S/C22H24N4O3/c1-14(22-25-18-5-2-3-6-19(18)26-22)23-20(27)7-4-12-29-16-9-10-17-15(13-16)8-11-21(28)24-17/h2-3,5-6,9-10,13-14H,4,7-8,11-12H2,1H3,(H,23,27)(H,24,28)(H,25,26). The highest BCUT2D eigenvalue weighted by atomic mass is 16.5. The average molecular weight is 392 g/mol. The summed E-state index contributed by atoms with van der Waals surface area (Å²) in [5.74, 6) is 1.52. The van der Waals surface area contributed by atoms with E-state index in [0.29, 0.717) is 25.9 Å². The molecular weight excluding hydrogens is 368 g/mol. The van der Waals surface area contributed by atoms with Crippen LogP contribution in [0.1, 0.15) is 43.6 Å². The van der Waals surface area contributed by atoms with Gasteiger partial charge in [-0.2, -0.15) is 0 Å². The number of anilines is 1. The van der Waals surface area contributed by atoms with Gasteiger partial charge in [0.05, 0.1) is 23.7 Å². The summed E-state index contributed by atoms with van der Waals surface area (Å²) in [6.45, 7) is 2.37. The van der Waals surface area contributed by atoms with E-state index in [-0.39, 0.29) is 17.9 Å². The van der Waals surface area contributed by atoms with Gasteiger partial charge in [-0.25, -0.2) is 4.98 Å². The van der Waals surface area contributed by atoms with Gasteiger partial charge in [-0.05, 0) is 55.7 Å². The molecule has 7 heteroatoms. The zero-order valence-electron chi connectivity index (χ0n) is 16.3. The zero-order chi connectivity index (χ0) is 20.2. The first kappa shape index (κ1) is 19.0. The van der Waals surface area contributed by atoms with Crippen molar-refractivity contribution in [3.8, 4) is 5.75 Å². The number of carbonyl (C=O) groups excluding carboxylic acids is 2. The number of fused-ring (bicyclic) bond motifs is 2. The molecule has 2 amide bonds. The Bertz CT molecular complexity index is 1010. The Hall–Kier alpha value is -3.35.